The number of rotatable bonds is 2. The second-order valence-electron chi connectivity index (χ2n) is 4.25. The third-order valence-electron chi connectivity index (χ3n) is 3.27. The van der Waals surface area contributed by atoms with Crippen molar-refractivity contribution in [1.82, 2.24) is 5.32 Å². The van der Waals surface area contributed by atoms with Gasteiger partial charge in [0.2, 0.25) is 0 Å². The molecule has 1 aliphatic carbocycles. The molecular formula is C12H13ClN2. The minimum Gasteiger partial charge on any atom is -0.371 e. The summed E-state index contributed by atoms with van der Waals surface area (Å²) in [6, 6.07) is 8.18. The van der Waals surface area contributed by atoms with Gasteiger partial charge >= 0.3 is 0 Å². The molecule has 2 nitrogen and oxygen atoms in total. The maximum absolute atomic E-state index is 5.90. The molecule has 1 N–H and O–H groups in total. The molecule has 1 aromatic carbocycles. The number of nitrogens with zero attached hydrogens (tertiary/aromatic N) is 1. The van der Waals surface area contributed by atoms with Gasteiger partial charge in [-0.3, -0.25) is 4.99 Å². The molecule has 0 radical (unpaired) electrons. The number of halogens is 1. The molecule has 0 saturated heterocycles. The van der Waals surface area contributed by atoms with E-state index in [1.54, 1.807) is 0 Å². The zero-order chi connectivity index (χ0) is 10.3. The molecular weight excluding hydrogens is 208 g/mol. The Bertz CT molecular complexity index is 404. The smallest absolute Gasteiger partial charge is 0.107 e. The molecule has 1 aliphatic heterocycles. The van der Waals surface area contributed by atoms with Gasteiger partial charge in [0.25, 0.3) is 0 Å². The Kier molecular flexibility index (Phi) is 1.99. The second-order valence-corrected chi connectivity index (χ2v) is 4.68. The van der Waals surface area contributed by atoms with E-state index in [2.05, 4.69) is 22.4 Å². The van der Waals surface area contributed by atoms with E-state index in [1.165, 1.54) is 24.2 Å². The fourth-order valence-electron chi connectivity index (χ4n) is 2.27. The normalized spacial score (nSPS) is 22.1. The van der Waals surface area contributed by atoms with Crippen LogP contribution in [0.3, 0.4) is 0 Å². The summed E-state index contributed by atoms with van der Waals surface area (Å²) in [6.07, 6.45) is 2.42. The number of amidine groups is 1. The van der Waals surface area contributed by atoms with E-state index >= 15 is 0 Å². The first kappa shape index (κ1) is 9.22. The van der Waals surface area contributed by atoms with Gasteiger partial charge in [-0.2, -0.15) is 0 Å². The SMILES string of the molecule is Clc1ccc(C2(C3=NCCN3)CC2)cc1. The quantitative estimate of drug-likeness (QED) is 0.813. The Balaban J connectivity index is 1.96. The van der Waals surface area contributed by atoms with Crippen molar-refractivity contribution < 1.29 is 0 Å². The number of hydrogen-bond donors (Lipinski definition) is 1. The van der Waals surface area contributed by atoms with E-state index in [0.717, 1.165) is 18.1 Å². The molecule has 0 spiro atoms. The first-order valence-corrected chi connectivity index (χ1v) is 5.74. The van der Waals surface area contributed by atoms with E-state index in [-0.39, 0.29) is 5.41 Å². The van der Waals surface area contributed by atoms with Crippen LogP contribution in [0.1, 0.15) is 18.4 Å². The highest BCUT2D eigenvalue weighted by atomic mass is 35.5. The second kappa shape index (κ2) is 3.24. The molecule has 0 bridgehead atoms. The molecule has 0 aromatic heterocycles. The topological polar surface area (TPSA) is 24.4 Å². The summed E-state index contributed by atoms with van der Waals surface area (Å²) in [5.41, 5.74) is 1.54. The summed E-state index contributed by atoms with van der Waals surface area (Å²) in [5, 5.41) is 4.19. The number of nitrogens with one attached hydrogen (secondary N) is 1. The molecule has 3 heteroatoms. The molecule has 78 valence electrons. The van der Waals surface area contributed by atoms with Crippen LogP contribution in [-0.2, 0) is 5.41 Å². The van der Waals surface area contributed by atoms with Crippen LogP contribution in [0.4, 0.5) is 0 Å². The molecule has 0 unspecified atom stereocenters. The first-order valence-electron chi connectivity index (χ1n) is 5.36. The predicted octanol–water partition coefficient (Wildman–Crippen LogP) is 2.37. The third kappa shape index (κ3) is 1.44. The Labute approximate surface area is 94.4 Å². The molecule has 1 fully saturated rings. The van der Waals surface area contributed by atoms with Crippen LogP contribution in [0.2, 0.25) is 5.02 Å². The largest absolute Gasteiger partial charge is 0.371 e. The van der Waals surface area contributed by atoms with Crippen molar-refractivity contribution in [2.75, 3.05) is 13.1 Å². The summed E-state index contributed by atoms with van der Waals surface area (Å²) < 4.78 is 0. The Morgan fingerprint density at radius 2 is 1.93 bits per heavy atom. The van der Waals surface area contributed by atoms with Crippen LogP contribution in [-0.4, -0.2) is 18.9 Å². The lowest BCUT2D eigenvalue weighted by atomic mass is 9.95. The van der Waals surface area contributed by atoms with Crippen molar-refractivity contribution in [2.45, 2.75) is 18.3 Å². The van der Waals surface area contributed by atoms with Crippen LogP contribution in [0.25, 0.3) is 0 Å². The number of aliphatic imine (C=N–C) groups is 1. The third-order valence-corrected chi connectivity index (χ3v) is 3.53. The van der Waals surface area contributed by atoms with Gasteiger partial charge in [-0.15, -0.1) is 0 Å². The zero-order valence-corrected chi connectivity index (χ0v) is 9.22. The summed E-state index contributed by atoms with van der Waals surface area (Å²) in [6.45, 7) is 1.91. The molecule has 0 amide bonds. The van der Waals surface area contributed by atoms with Crippen molar-refractivity contribution in [3.05, 3.63) is 34.9 Å². The van der Waals surface area contributed by atoms with E-state index in [4.69, 9.17) is 11.6 Å². The van der Waals surface area contributed by atoms with Crippen molar-refractivity contribution >= 4 is 17.4 Å². The number of hydrogen-bond acceptors (Lipinski definition) is 2. The maximum atomic E-state index is 5.90. The van der Waals surface area contributed by atoms with Gasteiger partial charge < -0.3 is 5.32 Å². The van der Waals surface area contributed by atoms with E-state index < -0.39 is 0 Å². The van der Waals surface area contributed by atoms with Gasteiger partial charge in [0.15, 0.2) is 0 Å². The molecule has 2 aliphatic rings. The molecule has 0 atom stereocenters. The van der Waals surface area contributed by atoms with Crippen LogP contribution >= 0.6 is 11.6 Å². The van der Waals surface area contributed by atoms with Gasteiger partial charge in [0, 0.05) is 11.6 Å². The zero-order valence-electron chi connectivity index (χ0n) is 8.46. The van der Waals surface area contributed by atoms with Gasteiger partial charge in [0.05, 0.1) is 12.0 Å². The lowest BCUT2D eigenvalue weighted by Gasteiger charge is -2.16. The summed E-state index contributed by atoms with van der Waals surface area (Å²) >= 11 is 5.90. The predicted molar refractivity (Wildman–Crippen MR) is 62.7 cm³/mol. The molecule has 1 aromatic rings. The van der Waals surface area contributed by atoms with Gasteiger partial charge in [-0.05, 0) is 30.5 Å². The lowest BCUT2D eigenvalue weighted by molar-refractivity contribution is 0.880. The molecule has 15 heavy (non-hydrogen) atoms. The van der Waals surface area contributed by atoms with E-state index in [1.807, 2.05) is 12.1 Å². The highest BCUT2D eigenvalue weighted by Crippen LogP contribution is 2.49. The van der Waals surface area contributed by atoms with Crippen molar-refractivity contribution in [1.29, 1.82) is 0 Å². The minimum atomic E-state index is 0.196. The maximum Gasteiger partial charge on any atom is 0.107 e. The molecule has 3 rings (SSSR count). The van der Waals surface area contributed by atoms with Crippen LogP contribution in [0.15, 0.2) is 29.3 Å². The average molecular weight is 221 g/mol. The number of benzene rings is 1. The Hall–Kier alpha value is -1.02. The summed E-state index contributed by atoms with van der Waals surface area (Å²) in [7, 11) is 0. The minimum absolute atomic E-state index is 0.196. The molecule has 1 heterocycles. The fourth-order valence-corrected chi connectivity index (χ4v) is 2.40. The van der Waals surface area contributed by atoms with Crippen molar-refractivity contribution in [3.8, 4) is 0 Å². The van der Waals surface area contributed by atoms with Gasteiger partial charge in [-0.1, -0.05) is 23.7 Å². The van der Waals surface area contributed by atoms with Gasteiger partial charge in [-0.25, -0.2) is 0 Å². The lowest BCUT2D eigenvalue weighted by Crippen LogP contribution is -2.31. The summed E-state index contributed by atoms with van der Waals surface area (Å²) in [4.78, 5) is 4.54. The van der Waals surface area contributed by atoms with Crippen LogP contribution < -0.4 is 5.32 Å². The fraction of sp³-hybridized carbons (Fsp3) is 0.417. The van der Waals surface area contributed by atoms with Crippen molar-refractivity contribution in [2.24, 2.45) is 4.99 Å². The Morgan fingerprint density at radius 3 is 2.47 bits per heavy atom. The monoisotopic (exact) mass is 220 g/mol. The first-order chi connectivity index (χ1) is 7.31. The van der Waals surface area contributed by atoms with Crippen LogP contribution in [0.5, 0.6) is 0 Å². The van der Waals surface area contributed by atoms with Gasteiger partial charge in [0.1, 0.15) is 5.84 Å². The molecule has 1 saturated carbocycles. The van der Waals surface area contributed by atoms with Crippen LogP contribution in [0, 0.1) is 0 Å². The average Bonchev–Trinajstić information content (AvgIpc) is 2.88. The van der Waals surface area contributed by atoms with E-state index in [9.17, 15) is 0 Å². The highest BCUT2D eigenvalue weighted by Gasteiger charge is 2.49. The Morgan fingerprint density at radius 1 is 1.20 bits per heavy atom. The highest BCUT2D eigenvalue weighted by molar-refractivity contribution is 6.30. The summed E-state index contributed by atoms with van der Waals surface area (Å²) in [5.74, 6) is 1.19. The standard InChI is InChI=1S/C12H13ClN2/c13-10-3-1-9(2-4-10)12(5-6-12)11-14-7-8-15-11/h1-4H,5-8H2,(H,14,15). The van der Waals surface area contributed by atoms with Crippen molar-refractivity contribution in [3.63, 3.8) is 0 Å². The van der Waals surface area contributed by atoms with E-state index in [0.29, 0.717) is 0 Å².